The maximum Gasteiger partial charge on any atom is 0.244 e. The Hall–Kier alpha value is -2.05. The molecule has 0 aliphatic heterocycles. The maximum absolute atomic E-state index is 12.3. The molecule has 1 heterocycles. The second-order valence-electron chi connectivity index (χ2n) is 4.81. The SMILES string of the molecule is CCOc1cc(N(CC)CC(=O)Nc2c(Cl)cccc2Cl)ncn1. The molecular formula is C16H18Cl2N4O2. The molecule has 0 aliphatic carbocycles. The number of nitrogens with one attached hydrogen (secondary N) is 1. The number of carbonyl (C=O) groups is 1. The standard InChI is InChI=1S/C16H18Cl2N4O2/c1-3-22(13-8-15(24-4-2)20-10-19-13)9-14(23)21-16-11(17)6-5-7-12(16)18/h5-8,10H,3-4,9H2,1-2H3,(H,21,23). The Morgan fingerprint density at radius 1 is 1.25 bits per heavy atom. The van der Waals surface area contributed by atoms with Crippen LogP contribution >= 0.6 is 23.2 Å². The highest BCUT2D eigenvalue weighted by molar-refractivity contribution is 6.39. The highest BCUT2D eigenvalue weighted by Gasteiger charge is 2.15. The topological polar surface area (TPSA) is 67.3 Å². The number of para-hydroxylation sites is 1. The summed E-state index contributed by atoms with van der Waals surface area (Å²) in [5, 5.41) is 3.51. The van der Waals surface area contributed by atoms with Gasteiger partial charge in [-0.3, -0.25) is 4.79 Å². The molecule has 1 aromatic heterocycles. The van der Waals surface area contributed by atoms with Gasteiger partial charge in [0.15, 0.2) is 0 Å². The van der Waals surface area contributed by atoms with E-state index in [-0.39, 0.29) is 12.5 Å². The minimum atomic E-state index is -0.247. The molecule has 6 nitrogen and oxygen atoms in total. The molecule has 128 valence electrons. The van der Waals surface area contributed by atoms with E-state index >= 15 is 0 Å². The molecule has 24 heavy (non-hydrogen) atoms. The van der Waals surface area contributed by atoms with Gasteiger partial charge in [0.2, 0.25) is 11.8 Å². The summed E-state index contributed by atoms with van der Waals surface area (Å²) in [4.78, 5) is 22.3. The minimum absolute atomic E-state index is 0.0978. The second kappa shape index (κ2) is 8.70. The van der Waals surface area contributed by atoms with Crippen LogP contribution in [-0.2, 0) is 4.79 Å². The van der Waals surface area contributed by atoms with E-state index in [1.165, 1.54) is 6.33 Å². The van der Waals surface area contributed by atoms with Crippen LogP contribution in [0.3, 0.4) is 0 Å². The fourth-order valence-corrected chi connectivity index (χ4v) is 2.55. The van der Waals surface area contributed by atoms with Crippen molar-refractivity contribution < 1.29 is 9.53 Å². The van der Waals surface area contributed by atoms with Crippen molar-refractivity contribution in [3.8, 4) is 5.88 Å². The molecule has 8 heteroatoms. The van der Waals surface area contributed by atoms with Gasteiger partial charge in [0.25, 0.3) is 0 Å². The van der Waals surface area contributed by atoms with Crippen molar-refractivity contribution in [3.63, 3.8) is 0 Å². The predicted molar refractivity (Wildman–Crippen MR) is 96.2 cm³/mol. The third kappa shape index (κ3) is 4.72. The number of nitrogens with zero attached hydrogens (tertiary/aromatic N) is 3. The van der Waals surface area contributed by atoms with Crippen molar-refractivity contribution in [2.75, 3.05) is 29.9 Å². The van der Waals surface area contributed by atoms with Crippen molar-refractivity contribution >= 4 is 40.6 Å². The summed E-state index contributed by atoms with van der Waals surface area (Å²) in [5.41, 5.74) is 0.402. The highest BCUT2D eigenvalue weighted by atomic mass is 35.5. The van der Waals surface area contributed by atoms with E-state index in [1.807, 2.05) is 13.8 Å². The summed E-state index contributed by atoms with van der Waals surface area (Å²) >= 11 is 12.1. The van der Waals surface area contributed by atoms with E-state index < -0.39 is 0 Å². The monoisotopic (exact) mass is 368 g/mol. The van der Waals surface area contributed by atoms with Gasteiger partial charge >= 0.3 is 0 Å². The smallest absolute Gasteiger partial charge is 0.244 e. The van der Waals surface area contributed by atoms with E-state index in [9.17, 15) is 4.79 Å². The highest BCUT2D eigenvalue weighted by Crippen LogP contribution is 2.29. The number of hydrogen-bond donors (Lipinski definition) is 1. The quantitative estimate of drug-likeness (QED) is 0.807. The molecule has 2 aromatic rings. The van der Waals surface area contributed by atoms with Crippen LogP contribution in [0, 0.1) is 0 Å². The number of carbonyl (C=O) groups excluding carboxylic acids is 1. The fourth-order valence-electron chi connectivity index (χ4n) is 2.05. The average Bonchev–Trinajstić information content (AvgIpc) is 2.57. The summed E-state index contributed by atoms with van der Waals surface area (Å²) in [6.45, 7) is 5.00. The zero-order chi connectivity index (χ0) is 17.5. The average molecular weight is 369 g/mol. The van der Waals surface area contributed by atoms with Crippen LogP contribution in [0.25, 0.3) is 0 Å². The minimum Gasteiger partial charge on any atom is -0.478 e. The molecule has 0 spiro atoms. The lowest BCUT2D eigenvalue weighted by atomic mass is 10.3. The van der Waals surface area contributed by atoms with Crippen molar-refractivity contribution in [1.82, 2.24) is 9.97 Å². The Morgan fingerprint density at radius 3 is 2.58 bits per heavy atom. The van der Waals surface area contributed by atoms with Gasteiger partial charge in [-0.05, 0) is 26.0 Å². The summed E-state index contributed by atoms with van der Waals surface area (Å²) in [5.74, 6) is 0.829. The lowest BCUT2D eigenvalue weighted by Gasteiger charge is -2.21. The summed E-state index contributed by atoms with van der Waals surface area (Å²) in [7, 11) is 0. The van der Waals surface area contributed by atoms with E-state index in [2.05, 4.69) is 15.3 Å². The van der Waals surface area contributed by atoms with Gasteiger partial charge in [-0.2, -0.15) is 0 Å². The van der Waals surface area contributed by atoms with Crippen LogP contribution in [0.5, 0.6) is 5.88 Å². The van der Waals surface area contributed by atoms with E-state index in [0.717, 1.165) is 0 Å². The number of likely N-dealkylation sites (N-methyl/N-ethyl adjacent to an activating group) is 1. The third-order valence-corrected chi connectivity index (χ3v) is 3.82. The molecule has 0 saturated heterocycles. The number of ether oxygens (including phenoxy) is 1. The Kier molecular flexibility index (Phi) is 6.63. The zero-order valence-corrected chi connectivity index (χ0v) is 14.9. The van der Waals surface area contributed by atoms with Crippen LogP contribution in [0.2, 0.25) is 10.0 Å². The Bertz CT molecular complexity index is 692. The Balaban J connectivity index is 2.09. The molecule has 0 radical (unpaired) electrons. The van der Waals surface area contributed by atoms with E-state index in [0.29, 0.717) is 40.6 Å². The maximum atomic E-state index is 12.3. The molecule has 0 aliphatic rings. The van der Waals surface area contributed by atoms with Gasteiger partial charge in [0, 0.05) is 12.6 Å². The van der Waals surface area contributed by atoms with Crippen molar-refractivity contribution in [3.05, 3.63) is 40.6 Å². The number of anilines is 2. The van der Waals surface area contributed by atoms with Gasteiger partial charge in [-0.15, -0.1) is 0 Å². The first-order chi connectivity index (χ1) is 11.5. The van der Waals surface area contributed by atoms with Gasteiger partial charge in [-0.25, -0.2) is 9.97 Å². The van der Waals surface area contributed by atoms with Crippen LogP contribution in [0.4, 0.5) is 11.5 Å². The molecule has 1 amide bonds. The van der Waals surface area contributed by atoms with Crippen molar-refractivity contribution in [2.24, 2.45) is 0 Å². The van der Waals surface area contributed by atoms with Crippen molar-refractivity contribution in [2.45, 2.75) is 13.8 Å². The Morgan fingerprint density at radius 2 is 1.96 bits per heavy atom. The molecule has 0 fully saturated rings. The van der Waals surface area contributed by atoms with Crippen molar-refractivity contribution in [1.29, 1.82) is 0 Å². The molecular weight excluding hydrogens is 351 g/mol. The number of rotatable bonds is 7. The van der Waals surface area contributed by atoms with E-state index in [1.54, 1.807) is 29.2 Å². The number of benzene rings is 1. The summed E-state index contributed by atoms with van der Waals surface area (Å²) in [6, 6.07) is 6.75. The number of halogens is 2. The van der Waals surface area contributed by atoms with Gasteiger partial charge in [0.05, 0.1) is 28.9 Å². The number of hydrogen-bond acceptors (Lipinski definition) is 5. The molecule has 0 saturated carbocycles. The second-order valence-corrected chi connectivity index (χ2v) is 5.62. The largest absolute Gasteiger partial charge is 0.478 e. The number of aromatic nitrogens is 2. The first-order valence-corrected chi connectivity index (χ1v) is 8.24. The molecule has 2 rings (SSSR count). The van der Waals surface area contributed by atoms with Crippen LogP contribution < -0.4 is 15.0 Å². The lowest BCUT2D eigenvalue weighted by Crippen LogP contribution is -2.33. The first kappa shape index (κ1) is 18.3. The van der Waals surface area contributed by atoms with Crippen LogP contribution in [0.15, 0.2) is 30.6 Å². The van der Waals surface area contributed by atoms with Gasteiger partial charge < -0.3 is 15.0 Å². The molecule has 0 bridgehead atoms. The lowest BCUT2D eigenvalue weighted by molar-refractivity contribution is -0.115. The number of amides is 1. The van der Waals surface area contributed by atoms with Gasteiger partial charge in [0.1, 0.15) is 12.1 Å². The molecule has 0 atom stereocenters. The first-order valence-electron chi connectivity index (χ1n) is 7.48. The van der Waals surface area contributed by atoms with E-state index in [4.69, 9.17) is 27.9 Å². The fraction of sp³-hybridized carbons (Fsp3) is 0.312. The molecule has 1 aromatic carbocycles. The third-order valence-electron chi connectivity index (χ3n) is 3.19. The molecule has 0 unspecified atom stereocenters. The van der Waals surface area contributed by atoms with Crippen LogP contribution in [0.1, 0.15) is 13.8 Å². The predicted octanol–water partition coefficient (Wildman–Crippen LogP) is 3.65. The molecule has 1 N–H and O–H groups in total. The summed E-state index contributed by atoms with van der Waals surface area (Å²) < 4.78 is 5.36. The normalized spacial score (nSPS) is 10.3. The van der Waals surface area contributed by atoms with Gasteiger partial charge in [-0.1, -0.05) is 29.3 Å². The summed E-state index contributed by atoms with van der Waals surface area (Å²) in [6.07, 6.45) is 1.41. The zero-order valence-electron chi connectivity index (χ0n) is 13.4. The Labute approximate surface area is 150 Å². The van der Waals surface area contributed by atoms with Crippen LogP contribution in [-0.4, -0.2) is 35.6 Å².